The van der Waals surface area contributed by atoms with Gasteiger partial charge in [0.2, 0.25) is 17.7 Å². The van der Waals surface area contributed by atoms with Gasteiger partial charge in [-0.25, -0.2) is 4.79 Å². The summed E-state index contributed by atoms with van der Waals surface area (Å²) in [5.41, 5.74) is 5.62. The zero-order chi connectivity index (χ0) is 25.3. The summed E-state index contributed by atoms with van der Waals surface area (Å²) in [5.74, 6) is -6.57. The van der Waals surface area contributed by atoms with Crippen LogP contribution in [0, 0.1) is 5.92 Å². The van der Waals surface area contributed by atoms with E-state index in [1.807, 2.05) is 0 Å². The molecule has 1 aliphatic heterocycles. The average Bonchev–Trinajstić information content (AvgIpc) is 3.24. The van der Waals surface area contributed by atoms with E-state index in [4.69, 9.17) is 15.9 Å². The third-order valence-electron chi connectivity index (χ3n) is 5.62. The molecule has 1 saturated heterocycles. The molecule has 1 aliphatic rings. The maximum absolute atomic E-state index is 13.1. The molecule has 1 fully saturated rings. The molecule has 186 valence electrons. The minimum atomic E-state index is -1.57. The number of hydrogen-bond acceptors (Lipinski definition) is 7. The van der Waals surface area contributed by atoms with Crippen LogP contribution in [0.4, 0.5) is 0 Å². The van der Waals surface area contributed by atoms with E-state index in [9.17, 15) is 33.9 Å². The molecule has 0 radical (unpaired) electrons. The molecule has 0 aromatic carbocycles. The van der Waals surface area contributed by atoms with Gasteiger partial charge >= 0.3 is 17.9 Å². The number of carboxylic acid groups (broad SMARTS) is 3. The second-order valence-corrected chi connectivity index (χ2v) is 8.10. The molecule has 1 heterocycles. The van der Waals surface area contributed by atoms with Crippen LogP contribution < -0.4 is 16.4 Å². The Kier molecular flexibility index (Phi) is 10.7. The Morgan fingerprint density at radius 3 is 2.18 bits per heavy atom. The Labute approximate surface area is 190 Å². The van der Waals surface area contributed by atoms with Crippen molar-refractivity contribution in [1.82, 2.24) is 15.5 Å². The van der Waals surface area contributed by atoms with Crippen molar-refractivity contribution >= 4 is 35.6 Å². The summed E-state index contributed by atoms with van der Waals surface area (Å²) in [6.45, 7) is 3.67. The number of nitrogens with one attached hydrogen (secondary N) is 2. The van der Waals surface area contributed by atoms with Crippen molar-refractivity contribution in [3.63, 3.8) is 0 Å². The van der Waals surface area contributed by atoms with Crippen molar-refractivity contribution in [2.45, 2.75) is 76.5 Å². The molecule has 0 aliphatic carbocycles. The van der Waals surface area contributed by atoms with E-state index in [2.05, 4.69) is 10.6 Å². The summed E-state index contributed by atoms with van der Waals surface area (Å²) < 4.78 is 0. The van der Waals surface area contributed by atoms with Gasteiger partial charge in [-0.05, 0) is 25.2 Å². The fourth-order valence-corrected chi connectivity index (χ4v) is 3.48. The number of hydrogen-bond donors (Lipinski definition) is 6. The highest BCUT2D eigenvalue weighted by molar-refractivity contribution is 5.96. The first kappa shape index (κ1) is 27.8. The Morgan fingerprint density at radius 1 is 1.03 bits per heavy atom. The van der Waals surface area contributed by atoms with Crippen molar-refractivity contribution < 1.29 is 44.1 Å². The quantitative estimate of drug-likeness (QED) is 0.187. The van der Waals surface area contributed by atoms with E-state index in [0.29, 0.717) is 12.8 Å². The van der Waals surface area contributed by atoms with Gasteiger partial charge in [0, 0.05) is 13.0 Å². The lowest BCUT2D eigenvalue weighted by Crippen LogP contribution is -2.59. The Hall–Kier alpha value is -3.22. The summed E-state index contributed by atoms with van der Waals surface area (Å²) in [6.07, 6.45) is -0.175. The second kappa shape index (κ2) is 12.7. The van der Waals surface area contributed by atoms with Crippen LogP contribution in [0.15, 0.2) is 0 Å². The predicted octanol–water partition coefficient (Wildman–Crippen LogP) is -1.26. The highest BCUT2D eigenvalue weighted by Gasteiger charge is 2.40. The number of nitrogens with zero attached hydrogens (tertiary/aromatic N) is 1. The van der Waals surface area contributed by atoms with E-state index in [1.165, 1.54) is 4.90 Å². The lowest BCUT2D eigenvalue weighted by molar-refractivity contribution is -0.150. The van der Waals surface area contributed by atoms with Gasteiger partial charge in [0.15, 0.2) is 0 Å². The van der Waals surface area contributed by atoms with Gasteiger partial charge in [0.05, 0.1) is 12.5 Å². The molecule has 5 atom stereocenters. The Morgan fingerprint density at radius 2 is 1.67 bits per heavy atom. The number of carbonyl (C=O) groups excluding carboxylic acids is 3. The van der Waals surface area contributed by atoms with Crippen LogP contribution in [0.3, 0.4) is 0 Å². The lowest BCUT2D eigenvalue weighted by atomic mass is 9.96. The fourth-order valence-electron chi connectivity index (χ4n) is 3.48. The molecular formula is C20H32N4O9. The van der Waals surface area contributed by atoms with Gasteiger partial charge in [-0.2, -0.15) is 0 Å². The number of aliphatic carboxylic acids is 3. The van der Waals surface area contributed by atoms with Crippen LogP contribution in [0.25, 0.3) is 0 Å². The van der Waals surface area contributed by atoms with Gasteiger partial charge in [-0.1, -0.05) is 20.3 Å². The minimum Gasteiger partial charge on any atom is -0.481 e. The first-order valence-corrected chi connectivity index (χ1v) is 10.7. The zero-order valence-corrected chi connectivity index (χ0v) is 18.7. The summed E-state index contributed by atoms with van der Waals surface area (Å²) in [4.78, 5) is 72.7. The molecule has 0 aromatic heterocycles. The van der Waals surface area contributed by atoms with Gasteiger partial charge in [0.1, 0.15) is 18.1 Å². The minimum absolute atomic E-state index is 0.215. The molecule has 13 heteroatoms. The molecule has 7 N–H and O–H groups in total. The molecular weight excluding hydrogens is 440 g/mol. The van der Waals surface area contributed by atoms with E-state index in [1.54, 1.807) is 13.8 Å². The first-order chi connectivity index (χ1) is 15.4. The van der Waals surface area contributed by atoms with Gasteiger partial charge < -0.3 is 36.6 Å². The largest absolute Gasteiger partial charge is 0.481 e. The summed E-state index contributed by atoms with van der Waals surface area (Å²) in [5, 5.41) is 31.9. The smallest absolute Gasteiger partial charge is 0.326 e. The van der Waals surface area contributed by atoms with E-state index < -0.39 is 78.6 Å². The zero-order valence-electron chi connectivity index (χ0n) is 18.7. The molecule has 0 bridgehead atoms. The molecule has 33 heavy (non-hydrogen) atoms. The average molecular weight is 472 g/mol. The maximum Gasteiger partial charge on any atom is 0.326 e. The number of carbonyl (C=O) groups is 6. The van der Waals surface area contributed by atoms with Crippen LogP contribution in [0.5, 0.6) is 0 Å². The second-order valence-electron chi connectivity index (χ2n) is 8.10. The lowest BCUT2D eigenvalue weighted by Gasteiger charge is -2.31. The van der Waals surface area contributed by atoms with Crippen molar-refractivity contribution in [2.24, 2.45) is 11.7 Å². The number of likely N-dealkylation sites (tertiary alicyclic amines) is 1. The molecule has 1 rings (SSSR count). The SMILES string of the molecule is CCC(C)C(NC(=O)C(CC(=O)O)NC(=O)C(N)CCC(=O)O)C(=O)N1CCCC1C(=O)O. The van der Waals surface area contributed by atoms with Gasteiger partial charge in [-0.3, -0.25) is 24.0 Å². The molecule has 0 saturated carbocycles. The maximum atomic E-state index is 13.1. The van der Waals surface area contributed by atoms with Crippen molar-refractivity contribution in [1.29, 1.82) is 0 Å². The number of amides is 3. The summed E-state index contributed by atoms with van der Waals surface area (Å²) >= 11 is 0. The topological polar surface area (TPSA) is 216 Å². The van der Waals surface area contributed by atoms with E-state index in [-0.39, 0.29) is 19.4 Å². The predicted molar refractivity (Wildman–Crippen MR) is 113 cm³/mol. The standard InChI is InChI=1S/C20H32N4O9/c1-3-10(2)16(19(31)24-8-4-5-13(24)20(32)33)23-18(30)12(9-15(27)28)22-17(29)11(21)6-7-14(25)26/h10-13,16H,3-9,21H2,1-2H3,(H,22,29)(H,23,30)(H,25,26)(H,27,28)(H,32,33). The Bertz CT molecular complexity index is 773. The summed E-state index contributed by atoms with van der Waals surface area (Å²) in [6, 6.07) is -4.99. The Balaban J connectivity index is 3.00. The van der Waals surface area contributed by atoms with Gasteiger partial charge in [-0.15, -0.1) is 0 Å². The fraction of sp³-hybridized carbons (Fsp3) is 0.700. The third kappa shape index (κ3) is 8.33. The molecule has 3 amide bonds. The highest BCUT2D eigenvalue weighted by atomic mass is 16.4. The van der Waals surface area contributed by atoms with Crippen molar-refractivity contribution in [3.05, 3.63) is 0 Å². The van der Waals surface area contributed by atoms with Crippen LogP contribution >= 0.6 is 0 Å². The molecule has 0 spiro atoms. The molecule has 0 aromatic rings. The first-order valence-electron chi connectivity index (χ1n) is 10.7. The monoisotopic (exact) mass is 472 g/mol. The van der Waals surface area contributed by atoms with Gasteiger partial charge in [0.25, 0.3) is 0 Å². The van der Waals surface area contributed by atoms with Crippen molar-refractivity contribution in [3.8, 4) is 0 Å². The van der Waals surface area contributed by atoms with Crippen LogP contribution in [-0.4, -0.2) is 86.6 Å². The number of nitrogens with two attached hydrogens (primary N) is 1. The van der Waals surface area contributed by atoms with Crippen LogP contribution in [0.2, 0.25) is 0 Å². The van der Waals surface area contributed by atoms with E-state index in [0.717, 1.165) is 0 Å². The summed E-state index contributed by atoms with van der Waals surface area (Å²) in [7, 11) is 0. The van der Waals surface area contributed by atoms with Crippen molar-refractivity contribution in [2.75, 3.05) is 6.54 Å². The van der Waals surface area contributed by atoms with Crippen LogP contribution in [0.1, 0.15) is 52.4 Å². The van der Waals surface area contributed by atoms with Crippen LogP contribution in [-0.2, 0) is 28.8 Å². The normalized spacial score (nSPS) is 19.1. The van der Waals surface area contributed by atoms with E-state index >= 15 is 0 Å². The number of carboxylic acids is 3. The molecule has 13 nitrogen and oxygen atoms in total. The third-order valence-corrected chi connectivity index (χ3v) is 5.62. The number of rotatable bonds is 13. The highest BCUT2D eigenvalue weighted by Crippen LogP contribution is 2.21. The molecule has 5 unspecified atom stereocenters.